The molecule has 6 heterocycles. The van der Waals surface area contributed by atoms with Crippen LogP contribution in [0, 0.1) is 0 Å². The van der Waals surface area contributed by atoms with Crippen LogP contribution in [-0.4, -0.2) is 40.2 Å². The molecule has 0 spiro atoms. The summed E-state index contributed by atoms with van der Waals surface area (Å²) in [4.78, 5) is 22.2. The summed E-state index contributed by atoms with van der Waals surface area (Å²) in [6.07, 6.45) is 6.53. The summed E-state index contributed by atoms with van der Waals surface area (Å²) in [5.41, 5.74) is 5.41. The zero-order valence-corrected chi connectivity index (χ0v) is 16.2. The van der Waals surface area contributed by atoms with Gasteiger partial charge in [-0.3, -0.25) is 15.1 Å². The molecule has 6 aromatic heterocycles. The van der Waals surface area contributed by atoms with Gasteiger partial charge in [-0.05, 0) is 29.6 Å². The third-order valence-corrected chi connectivity index (χ3v) is 5.77. The van der Waals surface area contributed by atoms with Crippen molar-refractivity contribution in [3.63, 3.8) is 0 Å². The minimum absolute atomic E-state index is 0.0891. The first-order valence-electron chi connectivity index (χ1n) is 9.14. The second kappa shape index (κ2) is 6.46. The molecule has 0 aliphatic rings. The van der Waals surface area contributed by atoms with Gasteiger partial charge < -0.3 is 10.1 Å². The number of thiophene rings is 1. The smallest absolute Gasteiger partial charge is 0.160 e. The molecule has 0 radical (unpaired) electrons. The largest absolute Gasteiger partial charge is 0.506 e. The van der Waals surface area contributed by atoms with E-state index < -0.39 is 0 Å². The molecule has 30 heavy (non-hydrogen) atoms. The van der Waals surface area contributed by atoms with Crippen molar-refractivity contribution in [1.29, 1.82) is 0 Å². The Kier molecular flexibility index (Phi) is 3.62. The fourth-order valence-corrected chi connectivity index (χ4v) is 4.23. The summed E-state index contributed by atoms with van der Waals surface area (Å²) in [7, 11) is 0. The summed E-state index contributed by atoms with van der Waals surface area (Å²) in [5, 5.41) is 20.1. The van der Waals surface area contributed by atoms with Crippen LogP contribution in [0.2, 0.25) is 0 Å². The van der Waals surface area contributed by atoms with Crippen molar-refractivity contribution < 1.29 is 5.11 Å². The number of nitrogens with zero attached hydrogens (tertiary/aromatic N) is 5. The number of imidazole rings is 1. The molecular formula is C21H13N7OS. The molecule has 144 valence electrons. The molecule has 0 aliphatic heterocycles. The lowest BCUT2D eigenvalue weighted by Crippen LogP contribution is -1.86. The van der Waals surface area contributed by atoms with Crippen molar-refractivity contribution in [2.24, 2.45) is 0 Å². The zero-order chi connectivity index (χ0) is 20.1. The molecule has 0 aromatic carbocycles. The fraction of sp³-hybridized carbons (Fsp3) is 0. The van der Waals surface area contributed by atoms with Crippen LogP contribution >= 0.6 is 11.3 Å². The fourth-order valence-electron chi connectivity index (χ4n) is 3.48. The first-order valence-corrected chi connectivity index (χ1v) is 10.0. The van der Waals surface area contributed by atoms with E-state index in [1.165, 1.54) is 6.20 Å². The lowest BCUT2D eigenvalue weighted by Gasteiger charge is -2.01. The second-order valence-electron chi connectivity index (χ2n) is 6.74. The molecule has 0 saturated heterocycles. The number of pyridine rings is 3. The van der Waals surface area contributed by atoms with E-state index in [4.69, 9.17) is 4.98 Å². The van der Waals surface area contributed by atoms with E-state index >= 15 is 0 Å². The predicted molar refractivity (Wildman–Crippen MR) is 115 cm³/mol. The number of aromatic amines is 2. The highest BCUT2D eigenvalue weighted by molar-refractivity contribution is 7.13. The van der Waals surface area contributed by atoms with Gasteiger partial charge in [0.25, 0.3) is 0 Å². The van der Waals surface area contributed by atoms with E-state index in [1.54, 1.807) is 36.0 Å². The van der Waals surface area contributed by atoms with E-state index in [1.807, 2.05) is 23.6 Å². The maximum atomic E-state index is 9.74. The van der Waals surface area contributed by atoms with E-state index in [-0.39, 0.29) is 5.75 Å². The summed E-state index contributed by atoms with van der Waals surface area (Å²) in [5.74, 6) is 0.713. The molecule has 0 unspecified atom stereocenters. The third kappa shape index (κ3) is 2.64. The second-order valence-corrected chi connectivity index (χ2v) is 7.69. The molecule has 6 rings (SSSR count). The summed E-state index contributed by atoms with van der Waals surface area (Å²) < 4.78 is 0. The van der Waals surface area contributed by atoms with E-state index in [2.05, 4.69) is 36.2 Å². The Morgan fingerprint density at radius 3 is 2.87 bits per heavy atom. The average molecular weight is 411 g/mol. The van der Waals surface area contributed by atoms with Crippen molar-refractivity contribution in [3.8, 4) is 39.0 Å². The summed E-state index contributed by atoms with van der Waals surface area (Å²) in [6.45, 7) is 0. The molecule has 0 amide bonds. The third-order valence-electron chi connectivity index (χ3n) is 4.86. The van der Waals surface area contributed by atoms with E-state index in [0.717, 1.165) is 32.4 Å². The van der Waals surface area contributed by atoms with Crippen LogP contribution in [0.25, 0.3) is 55.3 Å². The van der Waals surface area contributed by atoms with Crippen molar-refractivity contribution >= 4 is 33.4 Å². The van der Waals surface area contributed by atoms with Crippen molar-refractivity contribution in [1.82, 2.24) is 35.1 Å². The van der Waals surface area contributed by atoms with Crippen molar-refractivity contribution in [3.05, 3.63) is 60.5 Å². The Bertz CT molecular complexity index is 1520. The van der Waals surface area contributed by atoms with Crippen LogP contribution in [0.5, 0.6) is 5.75 Å². The Morgan fingerprint density at radius 2 is 2.00 bits per heavy atom. The molecule has 6 aromatic rings. The van der Waals surface area contributed by atoms with Crippen LogP contribution in [0.1, 0.15) is 0 Å². The van der Waals surface area contributed by atoms with Gasteiger partial charge in [-0.1, -0.05) is 6.07 Å². The Hall–Kier alpha value is -4.11. The molecule has 0 atom stereocenters. The Balaban J connectivity index is 1.52. The quantitative estimate of drug-likeness (QED) is 0.398. The zero-order valence-electron chi connectivity index (χ0n) is 15.4. The van der Waals surface area contributed by atoms with Crippen LogP contribution in [0.4, 0.5) is 0 Å². The van der Waals surface area contributed by atoms with Gasteiger partial charge in [0.2, 0.25) is 0 Å². The van der Waals surface area contributed by atoms with Gasteiger partial charge in [0.1, 0.15) is 17.0 Å². The minimum Gasteiger partial charge on any atom is -0.506 e. The SMILES string of the molecule is Oc1cncc(-c2cc3c(-c4nc5c(-c6cccs6)ccnc5[nH]4)n[nH]c3cn2)c1. The lowest BCUT2D eigenvalue weighted by molar-refractivity contribution is 0.473. The maximum absolute atomic E-state index is 9.74. The van der Waals surface area contributed by atoms with Gasteiger partial charge in [0, 0.05) is 33.8 Å². The van der Waals surface area contributed by atoms with Crippen molar-refractivity contribution in [2.45, 2.75) is 0 Å². The maximum Gasteiger partial charge on any atom is 0.160 e. The normalized spacial score (nSPS) is 11.5. The Labute approximate surface area is 173 Å². The number of hydrogen-bond acceptors (Lipinski definition) is 7. The summed E-state index contributed by atoms with van der Waals surface area (Å²) in [6, 6.07) is 9.59. The van der Waals surface area contributed by atoms with E-state index in [9.17, 15) is 5.11 Å². The molecule has 0 saturated carbocycles. The van der Waals surface area contributed by atoms with Gasteiger partial charge in [0.05, 0.1) is 23.6 Å². The molecule has 0 aliphatic carbocycles. The average Bonchev–Trinajstić information content (AvgIpc) is 3.51. The summed E-state index contributed by atoms with van der Waals surface area (Å²) >= 11 is 1.66. The number of fused-ring (bicyclic) bond motifs is 2. The molecular weight excluding hydrogens is 398 g/mol. The molecule has 8 nitrogen and oxygen atoms in total. The van der Waals surface area contributed by atoms with Crippen LogP contribution in [0.3, 0.4) is 0 Å². The number of hydrogen-bond donors (Lipinski definition) is 3. The topological polar surface area (TPSA) is 116 Å². The monoisotopic (exact) mass is 411 g/mol. The van der Waals surface area contributed by atoms with E-state index in [0.29, 0.717) is 22.9 Å². The molecule has 0 fully saturated rings. The highest BCUT2D eigenvalue weighted by Crippen LogP contribution is 2.33. The number of nitrogens with one attached hydrogen (secondary N) is 2. The molecule has 3 N–H and O–H groups in total. The molecule has 9 heteroatoms. The minimum atomic E-state index is 0.0891. The highest BCUT2D eigenvalue weighted by atomic mass is 32.1. The number of aromatic hydroxyl groups is 1. The number of H-pyrrole nitrogens is 2. The first-order chi connectivity index (χ1) is 14.8. The van der Waals surface area contributed by atoms with Gasteiger partial charge >= 0.3 is 0 Å². The lowest BCUT2D eigenvalue weighted by atomic mass is 10.1. The van der Waals surface area contributed by atoms with Crippen molar-refractivity contribution in [2.75, 3.05) is 0 Å². The predicted octanol–water partition coefficient (Wildman–Crippen LogP) is 4.39. The van der Waals surface area contributed by atoms with Crippen LogP contribution in [-0.2, 0) is 0 Å². The van der Waals surface area contributed by atoms with Gasteiger partial charge in [-0.2, -0.15) is 5.10 Å². The first kappa shape index (κ1) is 16.8. The number of rotatable bonds is 3. The standard InChI is InChI=1S/C21H13N7OS/c29-12-6-11(8-22-9-12)15-7-14-16(10-24-15)27-28-19(14)21-25-18-13(17-2-1-5-30-17)3-4-23-20(18)26-21/h1-10,29H,(H,27,28)(H,23,25,26). The highest BCUT2D eigenvalue weighted by Gasteiger charge is 2.17. The van der Waals surface area contributed by atoms with Crippen LogP contribution < -0.4 is 0 Å². The molecule has 0 bridgehead atoms. The van der Waals surface area contributed by atoms with Crippen LogP contribution in [0.15, 0.2) is 60.5 Å². The van der Waals surface area contributed by atoms with Gasteiger partial charge in [-0.25, -0.2) is 9.97 Å². The number of aromatic nitrogens is 7. The van der Waals surface area contributed by atoms with Gasteiger partial charge in [-0.15, -0.1) is 11.3 Å². The Morgan fingerprint density at radius 1 is 1.03 bits per heavy atom. The van der Waals surface area contributed by atoms with Gasteiger partial charge in [0.15, 0.2) is 11.5 Å².